The van der Waals surface area contributed by atoms with E-state index in [0.29, 0.717) is 75.8 Å². The Balaban J connectivity index is 1.00. The van der Waals surface area contributed by atoms with Gasteiger partial charge in [-0.1, -0.05) is 146 Å². The number of rotatable bonds is 22. The predicted octanol–water partition coefficient (Wildman–Crippen LogP) is 7.99. The number of likely N-dealkylation sites (tertiary alicyclic amines) is 2. The smallest absolute Gasteiger partial charge is 0.253 e. The molecule has 2 aliphatic heterocycles. The Morgan fingerprint density at radius 3 is 1.30 bits per heavy atom. The minimum Gasteiger partial charge on any atom is -0.393 e. The van der Waals surface area contributed by atoms with E-state index in [4.69, 9.17) is 0 Å². The van der Waals surface area contributed by atoms with Gasteiger partial charge in [-0.15, -0.1) is 0 Å². The SMILES string of the molecule is CN[C@@H](C)C(=O)N[C@H](C(=O)N1CC[C@@H](O)C[C@H]1CN(CCc1ccccc1)C(=O)c1ccc(-c2ccc(C(=O)N(CCc3ccccc3)C[C@@H]3C[C@H](O)CCN3C(=O)[C@@H](NC(=O)[C@H](C)I)C3CCCCC3)cc2)cc1)C1CCCCC1. The lowest BCUT2D eigenvalue weighted by molar-refractivity contribution is -0.144. The molecule has 8 atom stereocenters. The highest BCUT2D eigenvalue weighted by molar-refractivity contribution is 14.1. The Morgan fingerprint density at radius 1 is 0.543 bits per heavy atom. The molecule has 436 valence electrons. The summed E-state index contributed by atoms with van der Waals surface area (Å²) in [6.07, 6.45) is 11.0. The molecule has 2 aliphatic carbocycles. The third-order valence-corrected chi connectivity index (χ3v) is 18.1. The summed E-state index contributed by atoms with van der Waals surface area (Å²) in [7, 11) is 1.72. The van der Waals surface area contributed by atoms with Gasteiger partial charge in [0.1, 0.15) is 12.1 Å². The van der Waals surface area contributed by atoms with Crippen molar-refractivity contribution in [2.24, 2.45) is 11.8 Å². The lowest BCUT2D eigenvalue weighted by Crippen LogP contribution is -2.61. The molecule has 6 amide bonds. The first kappa shape index (κ1) is 61.4. The van der Waals surface area contributed by atoms with E-state index < -0.39 is 42.4 Å². The fourth-order valence-electron chi connectivity index (χ4n) is 12.6. The average molecular weight is 1220 g/mol. The van der Waals surface area contributed by atoms with Crippen molar-refractivity contribution in [1.82, 2.24) is 35.6 Å². The van der Waals surface area contributed by atoms with Gasteiger partial charge in [-0.25, -0.2) is 0 Å². The van der Waals surface area contributed by atoms with Crippen molar-refractivity contribution >= 4 is 58.0 Å². The summed E-state index contributed by atoms with van der Waals surface area (Å²) in [5.41, 5.74) is 4.79. The molecule has 2 heterocycles. The monoisotopic (exact) mass is 1220 g/mol. The van der Waals surface area contributed by atoms with Crippen LogP contribution in [0.2, 0.25) is 0 Å². The van der Waals surface area contributed by atoms with Gasteiger partial charge in [0.15, 0.2) is 0 Å². The number of nitrogens with zero attached hydrogens (tertiary/aromatic N) is 4. The van der Waals surface area contributed by atoms with Gasteiger partial charge in [0.25, 0.3) is 11.8 Å². The zero-order chi connectivity index (χ0) is 57.4. The molecule has 2 saturated carbocycles. The van der Waals surface area contributed by atoms with Crippen LogP contribution >= 0.6 is 22.6 Å². The number of likely N-dealkylation sites (N-methyl/N-ethyl adjacent to an activating group) is 1. The quantitative estimate of drug-likeness (QED) is 0.0384. The van der Waals surface area contributed by atoms with Crippen LogP contribution in [0.25, 0.3) is 11.1 Å². The fourth-order valence-corrected chi connectivity index (χ4v) is 12.8. The number of aliphatic hydroxyl groups is 2. The Morgan fingerprint density at radius 2 is 0.926 bits per heavy atom. The van der Waals surface area contributed by atoms with Crippen molar-refractivity contribution in [2.75, 3.05) is 46.3 Å². The number of hydrogen-bond acceptors (Lipinski definition) is 9. The number of alkyl halides is 1. The summed E-state index contributed by atoms with van der Waals surface area (Å²) >= 11 is 2.08. The van der Waals surface area contributed by atoms with E-state index in [1.165, 1.54) is 0 Å². The standard InChI is InChI=1S/C65H86IN7O8/c1-44(66)60(76)68-58(50-20-12-6-13-21-50)64(80)72-38-34-56(74)40-54(72)42-70(36-32-46-16-8-4-9-17-46)62(78)52-28-24-48(25-29-52)49-26-30-53(31-27-49)63(79)71(37-33-47-18-10-5-11-19-47)43-55-41-57(75)35-39-73(55)65(81)59(51-22-14-7-15-23-51)69-61(77)45(2)67-3/h4-5,8-11,16-19,24-31,44-45,50-51,54-59,67,74-75H,6-7,12-15,20-23,32-43H2,1-3H3,(H,68,76)(H,69,77)/t44-,45-,54-,55-,56+,57+,58-,59-/m0/s1. The molecule has 0 bridgehead atoms. The predicted molar refractivity (Wildman–Crippen MR) is 324 cm³/mol. The van der Waals surface area contributed by atoms with Gasteiger partial charge in [-0.3, -0.25) is 28.8 Å². The first-order valence-electron chi connectivity index (χ1n) is 29.9. The molecule has 0 radical (unpaired) electrons. The maximum absolute atomic E-state index is 14.8. The van der Waals surface area contributed by atoms with Crippen LogP contribution < -0.4 is 16.0 Å². The molecular weight excluding hydrogens is 1130 g/mol. The molecule has 8 rings (SSSR count). The highest BCUT2D eigenvalue weighted by Gasteiger charge is 2.42. The summed E-state index contributed by atoms with van der Waals surface area (Å²) in [5, 5.41) is 31.4. The number of carbonyl (C=O) groups excluding carboxylic acids is 6. The molecule has 4 fully saturated rings. The molecular formula is C65H86IN7O8. The number of benzene rings is 4. The van der Waals surface area contributed by atoms with E-state index in [0.717, 1.165) is 86.5 Å². The number of aliphatic hydroxyl groups excluding tert-OH is 2. The van der Waals surface area contributed by atoms with Crippen molar-refractivity contribution in [3.8, 4) is 11.1 Å². The minimum atomic E-state index is -0.701. The largest absolute Gasteiger partial charge is 0.393 e. The molecule has 4 aromatic rings. The van der Waals surface area contributed by atoms with E-state index in [1.807, 2.05) is 126 Å². The van der Waals surface area contributed by atoms with E-state index >= 15 is 0 Å². The lowest BCUT2D eigenvalue weighted by Gasteiger charge is -2.43. The molecule has 15 nitrogen and oxygen atoms in total. The summed E-state index contributed by atoms with van der Waals surface area (Å²) < 4.78 is -0.310. The van der Waals surface area contributed by atoms with Crippen molar-refractivity contribution in [2.45, 2.75) is 163 Å². The van der Waals surface area contributed by atoms with Gasteiger partial charge < -0.3 is 45.8 Å². The molecule has 2 saturated heterocycles. The van der Waals surface area contributed by atoms with Crippen LogP contribution in [0.1, 0.15) is 136 Å². The average Bonchev–Trinajstić information content (AvgIpc) is 3.50. The van der Waals surface area contributed by atoms with Crippen molar-refractivity contribution in [3.05, 3.63) is 131 Å². The minimum absolute atomic E-state index is 0.000575. The second kappa shape index (κ2) is 30.0. The molecule has 5 N–H and O–H groups in total. The van der Waals surface area contributed by atoms with Crippen LogP contribution in [-0.4, -0.2) is 158 Å². The van der Waals surface area contributed by atoms with Crippen LogP contribution in [0.15, 0.2) is 109 Å². The molecule has 0 aromatic heterocycles. The first-order chi connectivity index (χ1) is 39.2. The Kier molecular flexibility index (Phi) is 22.8. The molecule has 0 unspecified atom stereocenters. The zero-order valence-electron chi connectivity index (χ0n) is 47.7. The number of hydrogen-bond donors (Lipinski definition) is 5. The number of nitrogens with one attached hydrogen (secondary N) is 3. The van der Waals surface area contributed by atoms with Crippen molar-refractivity contribution in [3.63, 3.8) is 0 Å². The summed E-state index contributed by atoms with van der Waals surface area (Å²) in [5.74, 6) is -1.06. The number of piperidine rings is 2. The van der Waals surface area contributed by atoms with E-state index in [9.17, 15) is 39.0 Å². The zero-order valence-corrected chi connectivity index (χ0v) is 49.9. The second-order valence-corrected chi connectivity index (χ2v) is 25.1. The fraction of sp³-hybridized carbons (Fsp3) is 0.538. The molecule has 16 heteroatoms. The van der Waals surface area contributed by atoms with Gasteiger partial charge in [-0.2, -0.15) is 0 Å². The number of carbonyl (C=O) groups is 6. The van der Waals surface area contributed by atoms with E-state index in [1.54, 1.807) is 23.8 Å². The normalized spacial score (nSPS) is 21.5. The van der Waals surface area contributed by atoms with E-state index in [-0.39, 0.29) is 64.3 Å². The maximum Gasteiger partial charge on any atom is 0.253 e. The maximum atomic E-state index is 14.8. The number of halogens is 1. The van der Waals surface area contributed by atoms with Gasteiger partial charge >= 0.3 is 0 Å². The highest BCUT2D eigenvalue weighted by Crippen LogP contribution is 2.32. The van der Waals surface area contributed by atoms with E-state index in [2.05, 4.69) is 38.5 Å². The highest BCUT2D eigenvalue weighted by atomic mass is 127. The summed E-state index contributed by atoms with van der Waals surface area (Å²) in [6.45, 7) is 5.44. The molecule has 4 aliphatic rings. The number of amides is 6. The third-order valence-electron chi connectivity index (χ3n) is 17.6. The van der Waals surface area contributed by atoms with Gasteiger partial charge in [0, 0.05) is 50.4 Å². The van der Waals surface area contributed by atoms with Crippen LogP contribution in [0.5, 0.6) is 0 Å². The van der Waals surface area contributed by atoms with Crippen molar-refractivity contribution in [1.29, 1.82) is 0 Å². The molecule has 4 aromatic carbocycles. The van der Waals surface area contributed by atoms with Crippen LogP contribution in [0, 0.1) is 11.8 Å². The molecule has 0 spiro atoms. The topological polar surface area (TPSA) is 192 Å². The summed E-state index contributed by atoms with van der Waals surface area (Å²) in [4.78, 5) is 92.9. The third kappa shape index (κ3) is 16.7. The van der Waals surface area contributed by atoms with Gasteiger partial charge in [0.05, 0.1) is 34.3 Å². The first-order valence-corrected chi connectivity index (χ1v) is 31.2. The van der Waals surface area contributed by atoms with Gasteiger partial charge in [0.2, 0.25) is 23.6 Å². The van der Waals surface area contributed by atoms with Crippen LogP contribution in [-0.2, 0) is 32.0 Å². The van der Waals surface area contributed by atoms with Gasteiger partial charge in [-0.05, 0) is 143 Å². The van der Waals surface area contributed by atoms with Crippen molar-refractivity contribution < 1.29 is 39.0 Å². The van der Waals surface area contributed by atoms with Crippen LogP contribution in [0.4, 0.5) is 0 Å². The van der Waals surface area contributed by atoms with Crippen LogP contribution in [0.3, 0.4) is 0 Å². The lowest BCUT2D eigenvalue weighted by atomic mass is 9.82. The Hall–Kier alpha value is -5.69. The molecule has 81 heavy (non-hydrogen) atoms. The summed E-state index contributed by atoms with van der Waals surface area (Å²) in [6, 6.07) is 32.0. The second-order valence-electron chi connectivity index (χ2n) is 23.3. The Bertz CT molecular complexity index is 2690. The Labute approximate surface area is 493 Å².